The maximum absolute atomic E-state index is 12.0. The van der Waals surface area contributed by atoms with E-state index in [1.807, 2.05) is 27.7 Å². The maximum atomic E-state index is 12.0. The maximum Gasteiger partial charge on any atom is 0.356 e. The molecular weight excluding hydrogens is 398 g/mol. The van der Waals surface area contributed by atoms with Gasteiger partial charge in [-0.05, 0) is 111 Å². The third-order valence-electron chi connectivity index (χ3n) is 6.00. The van der Waals surface area contributed by atoms with Crippen LogP contribution in [0.3, 0.4) is 0 Å². The van der Waals surface area contributed by atoms with Crippen molar-refractivity contribution in [3.05, 3.63) is 44.5 Å². The van der Waals surface area contributed by atoms with E-state index in [-0.39, 0.29) is 10.6 Å². The highest BCUT2D eigenvalue weighted by molar-refractivity contribution is 7.60. The van der Waals surface area contributed by atoms with Crippen LogP contribution in [-0.2, 0) is 9.13 Å². The molecule has 6 nitrogen and oxygen atoms in total. The van der Waals surface area contributed by atoms with Gasteiger partial charge < -0.3 is 19.6 Å². The van der Waals surface area contributed by atoms with E-state index in [1.54, 1.807) is 27.7 Å². The standard InChI is InChI=1S/C20H28O6P2/c1-9-13(5)19(27(21,22)23)14(6)10(2)17(9)18-11(3)15(7)20(28(24,25)26)16(8)12(18)4/h1-8H3,(H2,21,22,23)(H2,24,25,26). The van der Waals surface area contributed by atoms with Gasteiger partial charge in [0.05, 0.1) is 10.6 Å². The molecule has 0 amide bonds. The van der Waals surface area contributed by atoms with Crippen molar-refractivity contribution in [3.63, 3.8) is 0 Å². The fraction of sp³-hybridized carbons (Fsp3) is 0.400. The van der Waals surface area contributed by atoms with E-state index in [2.05, 4.69) is 0 Å². The van der Waals surface area contributed by atoms with Crippen LogP contribution in [0.5, 0.6) is 0 Å². The second-order valence-corrected chi connectivity index (χ2v) is 10.6. The number of benzene rings is 2. The fourth-order valence-electron chi connectivity index (χ4n) is 4.21. The summed E-state index contributed by atoms with van der Waals surface area (Å²) < 4.78 is 24.1. The largest absolute Gasteiger partial charge is 0.356 e. The zero-order valence-electron chi connectivity index (χ0n) is 17.5. The average Bonchev–Trinajstić information content (AvgIpc) is 2.52. The zero-order valence-corrected chi connectivity index (χ0v) is 19.3. The fourth-order valence-corrected chi connectivity index (χ4v) is 6.63. The molecule has 8 heteroatoms. The molecule has 0 aliphatic heterocycles. The lowest BCUT2D eigenvalue weighted by atomic mass is 9.83. The predicted molar refractivity (Wildman–Crippen MR) is 113 cm³/mol. The smallest absolute Gasteiger partial charge is 0.321 e. The van der Waals surface area contributed by atoms with Gasteiger partial charge >= 0.3 is 15.2 Å². The lowest BCUT2D eigenvalue weighted by Gasteiger charge is -2.26. The van der Waals surface area contributed by atoms with Gasteiger partial charge in [-0.25, -0.2) is 0 Å². The second-order valence-electron chi connectivity index (χ2n) is 7.54. The van der Waals surface area contributed by atoms with Gasteiger partial charge in [-0.2, -0.15) is 0 Å². The first kappa shape index (κ1) is 23.0. The second kappa shape index (κ2) is 7.21. The summed E-state index contributed by atoms with van der Waals surface area (Å²) in [5.74, 6) is 0. The van der Waals surface area contributed by atoms with E-state index in [9.17, 15) is 28.7 Å². The van der Waals surface area contributed by atoms with Crippen LogP contribution < -0.4 is 10.6 Å². The van der Waals surface area contributed by atoms with E-state index in [4.69, 9.17) is 0 Å². The van der Waals surface area contributed by atoms with Gasteiger partial charge in [-0.3, -0.25) is 9.13 Å². The monoisotopic (exact) mass is 426 g/mol. The van der Waals surface area contributed by atoms with Crippen LogP contribution in [0.2, 0.25) is 0 Å². The Morgan fingerprint density at radius 2 is 0.607 bits per heavy atom. The molecule has 0 aromatic heterocycles. The third-order valence-corrected chi connectivity index (χ3v) is 8.51. The summed E-state index contributed by atoms with van der Waals surface area (Å²) in [7, 11) is -8.87. The van der Waals surface area contributed by atoms with Crippen molar-refractivity contribution in [3.8, 4) is 11.1 Å². The molecule has 0 heterocycles. The van der Waals surface area contributed by atoms with Gasteiger partial charge in [0, 0.05) is 0 Å². The molecule has 0 atom stereocenters. The Morgan fingerprint density at radius 3 is 0.750 bits per heavy atom. The van der Waals surface area contributed by atoms with Crippen molar-refractivity contribution in [2.75, 3.05) is 0 Å². The first-order chi connectivity index (χ1) is 12.5. The van der Waals surface area contributed by atoms with Crippen molar-refractivity contribution in [2.45, 2.75) is 55.4 Å². The molecule has 2 aromatic carbocycles. The molecule has 0 radical (unpaired) electrons. The first-order valence-corrected chi connectivity index (χ1v) is 12.1. The Kier molecular flexibility index (Phi) is 5.93. The molecule has 0 fully saturated rings. The molecule has 154 valence electrons. The minimum absolute atomic E-state index is 0.0573. The Labute approximate surface area is 166 Å². The van der Waals surface area contributed by atoms with Gasteiger partial charge in [0.15, 0.2) is 0 Å². The summed E-state index contributed by atoms with van der Waals surface area (Å²) in [5, 5.41) is 0.115. The van der Waals surface area contributed by atoms with E-state index < -0.39 is 15.2 Å². The summed E-state index contributed by atoms with van der Waals surface area (Å²) in [5.41, 5.74) is 6.94. The third kappa shape index (κ3) is 3.54. The van der Waals surface area contributed by atoms with Crippen molar-refractivity contribution in [1.82, 2.24) is 0 Å². The van der Waals surface area contributed by atoms with Crippen LogP contribution in [0.15, 0.2) is 0 Å². The molecule has 4 N–H and O–H groups in total. The number of hydrogen-bond donors (Lipinski definition) is 4. The Morgan fingerprint density at radius 1 is 0.429 bits per heavy atom. The van der Waals surface area contributed by atoms with E-state index >= 15 is 0 Å². The molecular formula is C20H28O6P2. The zero-order chi connectivity index (χ0) is 21.9. The van der Waals surface area contributed by atoms with Crippen molar-refractivity contribution >= 4 is 25.8 Å². The molecule has 2 aromatic rings. The molecule has 28 heavy (non-hydrogen) atoms. The average molecular weight is 426 g/mol. The topological polar surface area (TPSA) is 115 Å². The molecule has 0 spiro atoms. The van der Waals surface area contributed by atoms with Gasteiger partial charge in [-0.15, -0.1) is 0 Å². The van der Waals surface area contributed by atoms with Crippen LogP contribution in [0.1, 0.15) is 44.5 Å². The minimum atomic E-state index is -4.43. The number of hydrogen-bond acceptors (Lipinski definition) is 2. The lowest BCUT2D eigenvalue weighted by Crippen LogP contribution is -2.20. The molecule has 0 aliphatic rings. The van der Waals surface area contributed by atoms with Gasteiger partial charge in [0.25, 0.3) is 0 Å². The Bertz CT molecular complexity index is 943. The SMILES string of the molecule is Cc1c(C)c(P(=O)(O)O)c(C)c(C)c1-c1c(C)c(C)c(P(=O)(O)O)c(C)c1C. The first-order valence-electron chi connectivity index (χ1n) is 8.86. The lowest BCUT2D eigenvalue weighted by molar-refractivity contribution is 0.385. The molecule has 0 saturated carbocycles. The van der Waals surface area contributed by atoms with Crippen LogP contribution in [0.25, 0.3) is 11.1 Å². The van der Waals surface area contributed by atoms with Crippen molar-refractivity contribution < 1.29 is 28.7 Å². The quantitative estimate of drug-likeness (QED) is 0.559. The summed E-state index contributed by atoms with van der Waals surface area (Å²) in [6.07, 6.45) is 0. The van der Waals surface area contributed by atoms with Crippen LogP contribution >= 0.6 is 15.2 Å². The predicted octanol–water partition coefficient (Wildman–Crippen LogP) is 3.43. The van der Waals surface area contributed by atoms with E-state index in [0.29, 0.717) is 22.3 Å². The highest BCUT2D eigenvalue weighted by Gasteiger charge is 2.31. The van der Waals surface area contributed by atoms with E-state index in [0.717, 1.165) is 33.4 Å². The highest BCUT2D eigenvalue weighted by Crippen LogP contribution is 2.45. The summed E-state index contributed by atoms with van der Waals surface area (Å²) in [6.45, 7) is 14.1. The van der Waals surface area contributed by atoms with Gasteiger partial charge in [0.1, 0.15) is 0 Å². The Hall–Kier alpha value is -1.26. The van der Waals surface area contributed by atoms with Gasteiger partial charge in [-0.1, -0.05) is 0 Å². The number of rotatable bonds is 3. The molecule has 0 bridgehead atoms. The van der Waals surface area contributed by atoms with Crippen LogP contribution in [0.4, 0.5) is 0 Å². The van der Waals surface area contributed by atoms with Crippen LogP contribution in [0, 0.1) is 55.4 Å². The molecule has 2 rings (SSSR count). The van der Waals surface area contributed by atoms with Crippen LogP contribution in [-0.4, -0.2) is 19.6 Å². The molecule has 0 saturated heterocycles. The van der Waals surface area contributed by atoms with Crippen molar-refractivity contribution in [2.24, 2.45) is 0 Å². The normalized spacial score (nSPS) is 12.6. The Balaban J connectivity index is 3.08. The van der Waals surface area contributed by atoms with Gasteiger partial charge in [0.2, 0.25) is 0 Å². The summed E-state index contributed by atoms with van der Waals surface area (Å²) in [4.78, 5) is 39.2. The highest BCUT2D eigenvalue weighted by atomic mass is 31.2. The minimum Gasteiger partial charge on any atom is -0.321 e. The van der Waals surface area contributed by atoms with E-state index in [1.165, 1.54) is 0 Å². The molecule has 0 unspecified atom stereocenters. The molecule has 0 aliphatic carbocycles. The summed E-state index contributed by atoms with van der Waals surface area (Å²) >= 11 is 0. The van der Waals surface area contributed by atoms with Crippen molar-refractivity contribution in [1.29, 1.82) is 0 Å². The summed E-state index contributed by atoms with van der Waals surface area (Å²) in [6, 6.07) is 0.